The quantitative estimate of drug-likeness (QED) is 0.788. The summed E-state index contributed by atoms with van der Waals surface area (Å²) in [7, 11) is 1.47. The summed E-state index contributed by atoms with van der Waals surface area (Å²) in [4.78, 5) is 18.0. The molecule has 0 aliphatic carbocycles. The second-order valence-electron chi connectivity index (χ2n) is 6.75. The largest absolute Gasteiger partial charge is 0.494 e. The van der Waals surface area contributed by atoms with Crippen LogP contribution in [0, 0.1) is 5.82 Å². The monoisotopic (exact) mass is 391 g/mol. The molecule has 1 N–H and O–H groups in total. The highest BCUT2D eigenvalue weighted by Gasteiger charge is 2.25. The van der Waals surface area contributed by atoms with Crippen LogP contribution in [-0.4, -0.2) is 55.0 Å². The maximum atomic E-state index is 13.8. The third-order valence-electron chi connectivity index (χ3n) is 4.97. The van der Waals surface area contributed by atoms with Crippen molar-refractivity contribution in [2.45, 2.75) is 26.1 Å². The lowest BCUT2D eigenvalue weighted by Gasteiger charge is -2.37. The third-order valence-corrected chi connectivity index (χ3v) is 5.85. The molecule has 0 bridgehead atoms. The topological polar surface area (TPSA) is 44.8 Å². The Hall–Kier alpha value is -1.96. The number of hydrogen-bond donors (Lipinski definition) is 1. The molecule has 1 aromatic heterocycles. The zero-order valence-electron chi connectivity index (χ0n) is 15.8. The number of halogens is 1. The Morgan fingerprint density at radius 2 is 2.07 bits per heavy atom. The Bertz CT molecular complexity index is 746. The number of hydrogen-bond acceptors (Lipinski definition) is 5. The van der Waals surface area contributed by atoms with Gasteiger partial charge in [-0.3, -0.25) is 14.6 Å². The Morgan fingerprint density at radius 1 is 1.30 bits per heavy atom. The molecule has 0 radical (unpaired) electrons. The summed E-state index contributed by atoms with van der Waals surface area (Å²) in [5.41, 5.74) is 0.934. The van der Waals surface area contributed by atoms with Crippen molar-refractivity contribution in [1.82, 2.24) is 15.1 Å². The summed E-state index contributed by atoms with van der Waals surface area (Å²) in [6.45, 7) is 6.61. The van der Waals surface area contributed by atoms with Gasteiger partial charge >= 0.3 is 0 Å². The SMILES string of the molecule is COc1ccc(CN2CCN(C(C)C(=O)NCc3cccs3)CC2)cc1F. The lowest BCUT2D eigenvalue weighted by Crippen LogP contribution is -2.53. The maximum absolute atomic E-state index is 13.8. The smallest absolute Gasteiger partial charge is 0.237 e. The van der Waals surface area contributed by atoms with Gasteiger partial charge in [-0.15, -0.1) is 11.3 Å². The zero-order valence-corrected chi connectivity index (χ0v) is 16.6. The van der Waals surface area contributed by atoms with Crippen LogP contribution in [0.3, 0.4) is 0 Å². The van der Waals surface area contributed by atoms with Gasteiger partial charge in [0.15, 0.2) is 11.6 Å². The van der Waals surface area contributed by atoms with E-state index in [4.69, 9.17) is 4.74 Å². The summed E-state index contributed by atoms with van der Waals surface area (Å²) in [5, 5.41) is 5.03. The number of nitrogens with zero attached hydrogens (tertiary/aromatic N) is 2. The molecule has 27 heavy (non-hydrogen) atoms. The van der Waals surface area contributed by atoms with E-state index in [-0.39, 0.29) is 23.5 Å². The maximum Gasteiger partial charge on any atom is 0.237 e. The number of rotatable bonds is 7. The average molecular weight is 392 g/mol. The van der Waals surface area contributed by atoms with Gasteiger partial charge in [0, 0.05) is 37.6 Å². The lowest BCUT2D eigenvalue weighted by atomic mass is 10.1. The molecule has 2 heterocycles. The number of amides is 1. The molecule has 0 spiro atoms. The minimum Gasteiger partial charge on any atom is -0.494 e. The molecule has 3 rings (SSSR count). The second kappa shape index (κ2) is 9.30. The number of piperazine rings is 1. The molecule has 1 fully saturated rings. The zero-order chi connectivity index (χ0) is 19.2. The van der Waals surface area contributed by atoms with E-state index in [1.165, 1.54) is 13.2 Å². The van der Waals surface area contributed by atoms with Crippen molar-refractivity contribution in [3.8, 4) is 5.75 Å². The van der Waals surface area contributed by atoms with Crippen LogP contribution >= 0.6 is 11.3 Å². The van der Waals surface area contributed by atoms with Gasteiger partial charge in [-0.25, -0.2) is 4.39 Å². The molecule has 1 aliphatic heterocycles. The van der Waals surface area contributed by atoms with E-state index in [1.54, 1.807) is 17.4 Å². The lowest BCUT2D eigenvalue weighted by molar-refractivity contribution is -0.126. The molecule has 2 aromatic rings. The summed E-state index contributed by atoms with van der Waals surface area (Å²) in [6.07, 6.45) is 0. The van der Waals surface area contributed by atoms with E-state index in [2.05, 4.69) is 15.1 Å². The number of methoxy groups -OCH3 is 1. The highest BCUT2D eigenvalue weighted by Crippen LogP contribution is 2.19. The fourth-order valence-electron chi connectivity index (χ4n) is 3.28. The van der Waals surface area contributed by atoms with E-state index in [0.717, 1.165) is 36.6 Å². The Balaban J connectivity index is 1.45. The summed E-state index contributed by atoms with van der Waals surface area (Å²) in [6, 6.07) is 8.97. The van der Waals surface area contributed by atoms with Gasteiger partial charge in [-0.2, -0.15) is 0 Å². The van der Waals surface area contributed by atoms with Crippen LogP contribution < -0.4 is 10.1 Å². The molecule has 7 heteroatoms. The van der Waals surface area contributed by atoms with E-state index >= 15 is 0 Å². The first-order valence-electron chi connectivity index (χ1n) is 9.15. The van der Waals surface area contributed by atoms with Crippen molar-refractivity contribution < 1.29 is 13.9 Å². The first-order chi connectivity index (χ1) is 13.1. The minimum atomic E-state index is -0.329. The van der Waals surface area contributed by atoms with Gasteiger partial charge in [-0.1, -0.05) is 12.1 Å². The molecular formula is C20H26FN3O2S. The number of nitrogens with one attached hydrogen (secondary N) is 1. The second-order valence-corrected chi connectivity index (χ2v) is 7.79. The molecule has 1 aliphatic rings. The minimum absolute atomic E-state index is 0.0640. The van der Waals surface area contributed by atoms with Gasteiger partial charge < -0.3 is 10.1 Å². The Morgan fingerprint density at radius 3 is 2.70 bits per heavy atom. The Kier molecular flexibility index (Phi) is 6.82. The fraction of sp³-hybridized carbons (Fsp3) is 0.450. The van der Waals surface area contributed by atoms with Crippen LogP contribution in [0.25, 0.3) is 0 Å². The van der Waals surface area contributed by atoms with Gasteiger partial charge in [0.05, 0.1) is 19.7 Å². The number of carbonyl (C=O) groups is 1. The number of benzene rings is 1. The number of ether oxygens (including phenoxy) is 1. The molecule has 1 aromatic carbocycles. The standard InChI is InChI=1S/C20H26FN3O2S/c1-15(20(25)22-13-17-4-3-11-27-17)24-9-7-23(8-10-24)14-16-5-6-19(26-2)18(21)12-16/h3-6,11-12,15H,7-10,13-14H2,1-2H3,(H,22,25). The van der Waals surface area contributed by atoms with Crippen LogP contribution in [0.2, 0.25) is 0 Å². The predicted octanol–water partition coefficient (Wildman–Crippen LogP) is 2.72. The highest BCUT2D eigenvalue weighted by atomic mass is 32.1. The van der Waals surface area contributed by atoms with Gasteiger partial charge in [0.2, 0.25) is 5.91 Å². The average Bonchev–Trinajstić information content (AvgIpc) is 3.20. The number of carbonyl (C=O) groups excluding carboxylic acids is 1. The first kappa shape index (κ1) is 19.8. The van der Waals surface area contributed by atoms with Gasteiger partial charge in [-0.05, 0) is 36.1 Å². The van der Waals surface area contributed by atoms with Crippen molar-refractivity contribution in [2.75, 3.05) is 33.3 Å². The van der Waals surface area contributed by atoms with E-state index in [9.17, 15) is 9.18 Å². The van der Waals surface area contributed by atoms with Crippen molar-refractivity contribution in [3.63, 3.8) is 0 Å². The number of thiophene rings is 1. The van der Waals surface area contributed by atoms with Crippen LogP contribution in [-0.2, 0) is 17.9 Å². The van der Waals surface area contributed by atoms with E-state index in [1.807, 2.05) is 30.5 Å². The molecule has 1 amide bonds. The van der Waals surface area contributed by atoms with Gasteiger partial charge in [0.1, 0.15) is 0 Å². The molecule has 5 nitrogen and oxygen atoms in total. The Labute approximate surface area is 163 Å². The van der Waals surface area contributed by atoms with E-state index < -0.39 is 0 Å². The molecule has 0 saturated carbocycles. The normalized spacial score (nSPS) is 16.9. The summed E-state index contributed by atoms with van der Waals surface area (Å²) in [5.74, 6) is 0.00435. The van der Waals surface area contributed by atoms with Crippen LogP contribution in [0.5, 0.6) is 5.75 Å². The van der Waals surface area contributed by atoms with Crippen molar-refractivity contribution >= 4 is 17.2 Å². The van der Waals surface area contributed by atoms with Gasteiger partial charge in [0.25, 0.3) is 0 Å². The molecular weight excluding hydrogens is 365 g/mol. The van der Waals surface area contributed by atoms with Crippen LogP contribution in [0.1, 0.15) is 17.4 Å². The van der Waals surface area contributed by atoms with E-state index in [0.29, 0.717) is 13.1 Å². The summed E-state index contributed by atoms with van der Waals surface area (Å²) >= 11 is 1.65. The molecule has 1 unspecified atom stereocenters. The molecule has 146 valence electrons. The molecule has 1 atom stereocenters. The van der Waals surface area contributed by atoms with Crippen molar-refractivity contribution in [3.05, 3.63) is 52.0 Å². The third kappa shape index (κ3) is 5.28. The highest BCUT2D eigenvalue weighted by molar-refractivity contribution is 7.09. The van der Waals surface area contributed by atoms with Crippen molar-refractivity contribution in [2.24, 2.45) is 0 Å². The predicted molar refractivity (Wildman–Crippen MR) is 105 cm³/mol. The van der Waals surface area contributed by atoms with Crippen molar-refractivity contribution in [1.29, 1.82) is 0 Å². The van der Waals surface area contributed by atoms with Crippen LogP contribution in [0.4, 0.5) is 4.39 Å². The first-order valence-corrected chi connectivity index (χ1v) is 10.0. The van der Waals surface area contributed by atoms with Crippen LogP contribution in [0.15, 0.2) is 35.7 Å². The molecule has 1 saturated heterocycles. The fourth-order valence-corrected chi connectivity index (χ4v) is 3.92. The summed E-state index contributed by atoms with van der Waals surface area (Å²) < 4.78 is 18.8.